The van der Waals surface area contributed by atoms with Crippen molar-refractivity contribution >= 4 is 45.5 Å². The van der Waals surface area contributed by atoms with Crippen LogP contribution in [0, 0.1) is 0 Å². The minimum atomic E-state index is -1.18. The summed E-state index contributed by atoms with van der Waals surface area (Å²) in [6.45, 7) is 0.816. The summed E-state index contributed by atoms with van der Waals surface area (Å²) < 4.78 is 0. The number of hydrogen-bond donors (Lipinski definition) is 9. The van der Waals surface area contributed by atoms with Crippen LogP contribution in [0.2, 0.25) is 0 Å². The molecule has 47 heavy (non-hydrogen) atoms. The predicted molar refractivity (Wildman–Crippen MR) is 181 cm³/mol. The number of nitrogens with one attached hydrogen (secondary N) is 5. The van der Waals surface area contributed by atoms with Gasteiger partial charge in [-0.2, -0.15) is 0 Å². The monoisotopic (exact) mass is 646 g/mol. The van der Waals surface area contributed by atoms with Crippen molar-refractivity contribution in [3.63, 3.8) is 0 Å². The van der Waals surface area contributed by atoms with E-state index in [-0.39, 0.29) is 25.7 Å². The Morgan fingerprint density at radius 1 is 0.638 bits per heavy atom. The third-order valence-electron chi connectivity index (χ3n) is 8.32. The Labute approximate surface area is 273 Å². The first-order chi connectivity index (χ1) is 22.7. The number of unbranched alkanes of at least 4 members (excludes halogenated alkanes) is 2. The molecular weight excluding hydrogens is 600 g/mol. The number of benzene rings is 2. The van der Waals surface area contributed by atoms with Crippen molar-refractivity contribution in [2.45, 2.75) is 75.5 Å². The number of fused-ring (bicyclic) bond motifs is 2. The van der Waals surface area contributed by atoms with Crippen molar-refractivity contribution in [3.05, 3.63) is 72.1 Å². The van der Waals surface area contributed by atoms with Gasteiger partial charge in [-0.3, -0.25) is 14.4 Å². The fourth-order valence-corrected chi connectivity index (χ4v) is 5.69. The number of carbonyl (C=O) groups excluding carboxylic acids is 3. The summed E-state index contributed by atoms with van der Waals surface area (Å²) in [6.07, 6.45) is 6.68. The molecule has 0 radical (unpaired) electrons. The lowest BCUT2D eigenvalue weighted by Crippen LogP contribution is -2.57. The number of aromatic nitrogens is 2. The normalized spacial score (nSPS) is 13.9. The summed E-state index contributed by atoms with van der Waals surface area (Å²) in [5, 5.41) is 19.8. The SMILES string of the molecule is NCCCCC(NC(=O)C(Cc1c[nH]c2ccccc12)NC(=O)C(CCCCN)NC(=O)C(N)Cc1c[nH]c2ccccc12)C(=O)O. The van der Waals surface area contributed by atoms with E-state index in [1.54, 1.807) is 6.20 Å². The second-order valence-corrected chi connectivity index (χ2v) is 11.8. The van der Waals surface area contributed by atoms with E-state index >= 15 is 0 Å². The zero-order chi connectivity index (χ0) is 33.8. The highest BCUT2D eigenvalue weighted by Crippen LogP contribution is 2.21. The highest BCUT2D eigenvalue weighted by Gasteiger charge is 2.31. The van der Waals surface area contributed by atoms with Gasteiger partial charge in [0.1, 0.15) is 18.1 Å². The van der Waals surface area contributed by atoms with Crippen molar-refractivity contribution in [1.82, 2.24) is 25.9 Å². The molecule has 2 aromatic carbocycles. The summed E-state index contributed by atoms with van der Waals surface area (Å²) in [5.41, 5.74) is 21.0. The maximum atomic E-state index is 13.8. The Morgan fingerprint density at radius 2 is 1.11 bits per heavy atom. The second-order valence-electron chi connectivity index (χ2n) is 11.8. The van der Waals surface area contributed by atoms with Gasteiger partial charge in [-0.05, 0) is 81.3 Å². The fraction of sp³-hybridized carbons (Fsp3) is 0.412. The standard InChI is InChI=1S/C34H46N8O5/c35-15-7-5-13-28(40-31(43)25(37)17-21-19-38-26-11-3-1-9-23(21)26)32(44)42-30(18-22-20-39-27-12-4-2-10-24(22)27)33(45)41-29(34(46)47)14-6-8-16-36/h1-4,9-12,19-20,25,28-30,38-39H,5-8,13-18,35-37H2,(H,40,43)(H,41,45)(H,42,44)(H,46,47). The number of rotatable bonds is 19. The third-order valence-corrected chi connectivity index (χ3v) is 8.32. The molecule has 3 amide bonds. The van der Waals surface area contributed by atoms with Gasteiger partial charge < -0.3 is 48.2 Å². The van der Waals surface area contributed by atoms with Crippen molar-refractivity contribution in [2.24, 2.45) is 17.2 Å². The molecule has 0 fully saturated rings. The smallest absolute Gasteiger partial charge is 0.326 e. The minimum absolute atomic E-state index is 0.0836. The molecule has 0 aliphatic heterocycles. The fourth-order valence-electron chi connectivity index (χ4n) is 5.69. The van der Waals surface area contributed by atoms with Gasteiger partial charge >= 0.3 is 5.97 Å². The molecule has 0 saturated carbocycles. The van der Waals surface area contributed by atoms with E-state index in [0.29, 0.717) is 38.8 Å². The van der Waals surface area contributed by atoms with Gasteiger partial charge in [-0.1, -0.05) is 36.4 Å². The van der Waals surface area contributed by atoms with Crippen LogP contribution in [0.4, 0.5) is 0 Å². The van der Waals surface area contributed by atoms with E-state index in [4.69, 9.17) is 17.2 Å². The molecule has 2 heterocycles. The zero-order valence-corrected chi connectivity index (χ0v) is 26.5. The number of nitrogens with two attached hydrogens (primary N) is 3. The molecule has 0 aliphatic rings. The van der Waals surface area contributed by atoms with Crippen LogP contribution in [0.1, 0.15) is 49.7 Å². The van der Waals surface area contributed by atoms with Crippen LogP contribution in [0.5, 0.6) is 0 Å². The topological polar surface area (TPSA) is 234 Å². The Balaban J connectivity index is 1.52. The van der Waals surface area contributed by atoms with Gasteiger partial charge in [0.2, 0.25) is 17.7 Å². The lowest BCUT2D eigenvalue weighted by atomic mass is 10.0. The molecule has 2 aromatic heterocycles. The highest BCUT2D eigenvalue weighted by molar-refractivity contribution is 5.95. The lowest BCUT2D eigenvalue weighted by Gasteiger charge is -2.25. The van der Waals surface area contributed by atoms with Crippen LogP contribution in [0.25, 0.3) is 21.8 Å². The van der Waals surface area contributed by atoms with Crippen molar-refractivity contribution < 1.29 is 24.3 Å². The second kappa shape index (κ2) is 17.3. The van der Waals surface area contributed by atoms with Crippen LogP contribution in [0.15, 0.2) is 60.9 Å². The Hall–Kier alpha value is -4.72. The third kappa shape index (κ3) is 9.64. The van der Waals surface area contributed by atoms with Gasteiger partial charge in [0.15, 0.2) is 0 Å². The van der Waals surface area contributed by atoms with Crippen LogP contribution in [-0.2, 0) is 32.0 Å². The number of para-hydroxylation sites is 2. The summed E-state index contributed by atoms with van der Waals surface area (Å²) in [6, 6.07) is 11.0. The number of hydrogen-bond acceptors (Lipinski definition) is 7. The Morgan fingerprint density at radius 3 is 1.66 bits per heavy atom. The quantitative estimate of drug-likeness (QED) is 0.0677. The molecule has 13 heteroatoms. The first-order valence-corrected chi connectivity index (χ1v) is 16.1. The van der Waals surface area contributed by atoms with Crippen LogP contribution >= 0.6 is 0 Å². The number of carbonyl (C=O) groups is 4. The maximum absolute atomic E-state index is 13.8. The van der Waals surface area contributed by atoms with Crippen LogP contribution < -0.4 is 33.2 Å². The molecular formula is C34H46N8O5. The van der Waals surface area contributed by atoms with Gasteiger partial charge in [0.25, 0.3) is 0 Å². The van der Waals surface area contributed by atoms with Crippen LogP contribution in [-0.4, -0.2) is 76.0 Å². The molecule has 4 rings (SSSR count). The first kappa shape index (κ1) is 35.1. The number of carboxylic acid groups (broad SMARTS) is 1. The van der Waals surface area contributed by atoms with Gasteiger partial charge in [0, 0.05) is 40.6 Å². The molecule has 12 N–H and O–H groups in total. The van der Waals surface area contributed by atoms with E-state index in [0.717, 1.165) is 32.9 Å². The molecule has 13 nitrogen and oxygen atoms in total. The van der Waals surface area contributed by atoms with Crippen LogP contribution in [0.3, 0.4) is 0 Å². The van der Waals surface area contributed by atoms with Crippen molar-refractivity contribution in [2.75, 3.05) is 13.1 Å². The molecule has 4 atom stereocenters. The molecule has 0 bridgehead atoms. The van der Waals surface area contributed by atoms with E-state index in [2.05, 4.69) is 25.9 Å². The molecule has 0 saturated heterocycles. The van der Waals surface area contributed by atoms with E-state index in [1.807, 2.05) is 54.7 Å². The number of carboxylic acids is 1. The number of amides is 3. The lowest BCUT2D eigenvalue weighted by molar-refractivity contribution is -0.142. The highest BCUT2D eigenvalue weighted by atomic mass is 16.4. The van der Waals surface area contributed by atoms with E-state index in [1.165, 1.54) is 0 Å². The Bertz CT molecular complexity index is 1650. The zero-order valence-electron chi connectivity index (χ0n) is 26.5. The first-order valence-electron chi connectivity index (χ1n) is 16.1. The number of aliphatic carboxylic acids is 1. The summed E-state index contributed by atoms with van der Waals surface area (Å²) in [5.74, 6) is -2.91. The molecule has 252 valence electrons. The largest absolute Gasteiger partial charge is 0.480 e. The maximum Gasteiger partial charge on any atom is 0.326 e. The minimum Gasteiger partial charge on any atom is -0.480 e. The van der Waals surface area contributed by atoms with Crippen molar-refractivity contribution in [3.8, 4) is 0 Å². The van der Waals surface area contributed by atoms with Crippen molar-refractivity contribution in [1.29, 1.82) is 0 Å². The average Bonchev–Trinajstić information content (AvgIpc) is 3.67. The summed E-state index contributed by atoms with van der Waals surface area (Å²) in [4.78, 5) is 59.1. The molecule has 4 aromatic rings. The van der Waals surface area contributed by atoms with E-state index in [9.17, 15) is 24.3 Å². The van der Waals surface area contributed by atoms with E-state index < -0.39 is 47.9 Å². The van der Waals surface area contributed by atoms with Gasteiger partial charge in [0.05, 0.1) is 6.04 Å². The van der Waals surface area contributed by atoms with Gasteiger partial charge in [-0.25, -0.2) is 4.79 Å². The molecule has 0 aliphatic carbocycles. The average molecular weight is 647 g/mol. The molecule has 4 unspecified atom stereocenters. The number of aromatic amines is 2. The predicted octanol–water partition coefficient (Wildman–Crippen LogP) is 1.56. The number of H-pyrrole nitrogens is 2. The molecule has 0 spiro atoms. The summed E-state index contributed by atoms with van der Waals surface area (Å²) >= 11 is 0. The summed E-state index contributed by atoms with van der Waals surface area (Å²) in [7, 11) is 0. The Kier molecular flexibility index (Phi) is 12.9. The van der Waals surface area contributed by atoms with Gasteiger partial charge in [-0.15, -0.1) is 0 Å².